The fraction of sp³-hybridized carbons (Fsp3) is 0.471. The number of hydrogen-bond acceptors (Lipinski definition) is 6. The molecule has 1 aliphatic carbocycles. The first-order chi connectivity index (χ1) is 12.4. The van der Waals surface area contributed by atoms with Crippen LogP contribution in [0.3, 0.4) is 0 Å². The second-order valence-electron chi connectivity index (χ2n) is 6.74. The summed E-state index contributed by atoms with van der Waals surface area (Å²) in [5, 5.41) is 13.8. The van der Waals surface area contributed by atoms with E-state index < -0.39 is 16.1 Å². The van der Waals surface area contributed by atoms with Gasteiger partial charge in [0.25, 0.3) is 0 Å². The van der Waals surface area contributed by atoms with Crippen LogP contribution >= 0.6 is 0 Å². The summed E-state index contributed by atoms with van der Waals surface area (Å²) in [6.07, 6.45) is 4.19. The molecular formula is C17H21N3O5S. The van der Waals surface area contributed by atoms with Gasteiger partial charge in [0.15, 0.2) is 11.5 Å². The lowest BCUT2D eigenvalue weighted by Crippen LogP contribution is -2.41. The Morgan fingerprint density at radius 3 is 2.65 bits per heavy atom. The summed E-state index contributed by atoms with van der Waals surface area (Å²) >= 11 is 0. The van der Waals surface area contributed by atoms with Gasteiger partial charge in [-0.2, -0.15) is 5.10 Å². The van der Waals surface area contributed by atoms with E-state index >= 15 is 0 Å². The van der Waals surface area contributed by atoms with Gasteiger partial charge in [0.2, 0.25) is 10.0 Å². The third-order valence-corrected chi connectivity index (χ3v) is 6.25. The summed E-state index contributed by atoms with van der Waals surface area (Å²) in [5.41, 5.74) is 0.783. The molecule has 1 aromatic carbocycles. The number of ether oxygens (including phenoxy) is 2. The quantitative estimate of drug-likeness (QED) is 0.803. The number of sulfonamides is 1. The molecule has 0 saturated heterocycles. The predicted octanol–water partition coefficient (Wildman–Crippen LogP) is 0.982. The van der Waals surface area contributed by atoms with Gasteiger partial charge < -0.3 is 14.6 Å². The Bertz CT molecular complexity index is 905. The largest absolute Gasteiger partial charge is 0.486 e. The number of fused-ring (bicyclic) bond motifs is 1. The molecule has 2 aromatic rings. The zero-order valence-electron chi connectivity index (χ0n) is 14.3. The van der Waals surface area contributed by atoms with E-state index in [0.717, 1.165) is 5.56 Å². The second-order valence-corrected chi connectivity index (χ2v) is 8.45. The smallest absolute Gasteiger partial charge is 0.241 e. The summed E-state index contributed by atoms with van der Waals surface area (Å²) in [6, 6.07) is 4.15. The van der Waals surface area contributed by atoms with Crippen LogP contribution in [0.15, 0.2) is 35.5 Å². The number of nitrogens with one attached hydrogen (secondary N) is 1. The van der Waals surface area contributed by atoms with Crippen molar-refractivity contribution in [2.24, 2.45) is 13.0 Å². The molecule has 1 unspecified atom stereocenters. The van der Waals surface area contributed by atoms with Gasteiger partial charge >= 0.3 is 0 Å². The molecule has 0 radical (unpaired) electrons. The van der Waals surface area contributed by atoms with Gasteiger partial charge in [-0.3, -0.25) is 4.68 Å². The Morgan fingerprint density at radius 1 is 1.27 bits per heavy atom. The molecule has 2 aliphatic rings. The van der Waals surface area contributed by atoms with Crippen molar-refractivity contribution in [1.82, 2.24) is 14.5 Å². The van der Waals surface area contributed by atoms with E-state index in [1.54, 1.807) is 30.2 Å². The number of aryl methyl sites for hydroxylation is 1. The van der Waals surface area contributed by atoms with Crippen molar-refractivity contribution < 1.29 is 23.0 Å². The number of aliphatic hydroxyl groups is 1. The highest BCUT2D eigenvalue weighted by molar-refractivity contribution is 7.89. The van der Waals surface area contributed by atoms with Crippen molar-refractivity contribution in [3.05, 3.63) is 36.2 Å². The van der Waals surface area contributed by atoms with Crippen LogP contribution in [-0.4, -0.2) is 42.6 Å². The molecule has 1 aromatic heterocycles. The van der Waals surface area contributed by atoms with Crippen LogP contribution in [0.25, 0.3) is 0 Å². The molecule has 1 fully saturated rings. The highest BCUT2D eigenvalue weighted by Crippen LogP contribution is 2.39. The lowest BCUT2D eigenvalue weighted by molar-refractivity contribution is 0.0280. The van der Waals surface area contributed by atoms with E-state index in [-0.39, 0.29) is 16.9 Å². The van der Waals surface area contributed by atoms with Gasteiger partial charge in [-0.1, -0.05) is 0 Å². The lowest BCUT2D eigenvalue weighted by atomic mass is 9.76. The average molecular weight is 379 g/mol. The molecule has 0 amide bonds. The van der Waals surface area contributed by atoms with Crippen molar-refractivity contribution in [2.75, 3.05) is 13.2 Å². The fourth-order valence-electron chi connectivity index (χ4n) is 3.37. The maximum Gasteiger partial charge on any atom is 0.241 e. The van der Waals surface area contributed by atoms with E-state index in [9.17, 15) is 13.5 Å². The Hall–Kier alpha value is -2.10. The molecule has 1 aliphatic heterocycles. The molecule has 0 spiro atoms. The van der Waals surface area contributed by atoms with Gasteiger partial charge in [0.1, 0.15) is 13.2 Å². The van der Waals surface area contributed by atoms with Crippen LogP contribution in [-0.2, 0) is 17.1 Å². The predicted molar refractivity (Wildman–Crippen MR) is 92.4 cm³/mol. The van der Waals surface area contributed by atoms with Crippen molar-refractivity contribution >= 4 is 10.0 Å². The molecule has 0 bridgehead atoms. The minimum Gasteiger partial charge on any atom is -0.486 e. The van der Waals surface area contributed by atoms with Gasteiger partial charge in [-0.25, -0.2) is 13.1 Å². The Kier molecular flexibility index (Phi) is 4.37. The van der Waals surface area contributed by atoms with Gasteiger partial charge in [0.05, 0.1) is 23.2 Å². The molecule has 1 saturated carbocycles. The first-order valence-electron chi connectivity index (χ1n) is 8.51. The number of aromatic nitrogens is 2. The number of rotatable bonds is 5. The zero-order valence-corrected chi connectivity index (χ0v) is 15.1. The van der Waals surface area contributed by atoms with Crippen molar-refractivity contribution in [2.45, 2.75) is 29.9 Å². The topological polar surface area (TPSA) is 103 Å². The number of aliphatic hydroxyl groups excluding tert-OH is 1. The molecule has 1 atom stereocenters. The highest BCUT2D eigenvalue weighted by Gasteiger charge is 2.38. The van der Waals surface area contributed by atoms with E-state index in [4.69, 9.17) is 9.47 Å². The number of nitrogens with zero attached hydrogens (tertiary/aromatic N) is 2. The van der Waals surface area contributed by atoms with Crippen molar-refractivity contribution in [3.63, 3.8) is 0 Å². The molecule has 9 heteroatoms. The fourth-order valence-corrected chi connectivity index (χ4v) is 4.67. The monoisotopic (exact) mass is 379 g/mol. The van der Waals surface area contributed by atoms with E-state index in [2.05, 4.69) is 9.82 Å². The van der Waals surface area contributed by atoms with E-state index in [1.165, 1.54) is 12.1 Å². The number of hydrogen-bond donors (Lipinski definition) is 2. The second kappa shape index (κ2) is 6.57. The van der Waals surface area contributed by atoms with Crippen LogP contribution in [0.1, 0.15) is 24.4 Å². The van der Waals surface area contributed by atoms with Crippen LogP contribution in [0.4, 0.5) is 0 Å². The minimum atomic E-state index is -3.77. The molecule has 26 heavy (non-hydrogen) atoms. The maximum atomic E-state index is 12.9. The van der Waals surface area contributed by atoms with Crippen LogP contribution in [0, 0.1) is 5.92 Å². The molecule has 8 nitrogen and oxygen atoms in total. The van der Waals surface area contributed by atoms with Crippen molar-refractivity contribution in [1.29, 1.82) is 0 Å². The Balaban J connectivity index is 1.61. The van der Waals surface area contributed by atoms with Crippen LogP contribution in [0.2, 0.25) is 0 Å². The molecule has 140 valence electrons. The third-order valence-electron chi connectivity index (χ3n) is 4.81. The summed E-state index contributed by atoms with van der Waals surface area (Å²) in [6.45, 7) is 0.840. The Morgan fingerprint density at radius 2 is 2.00 bits per heavy atom. The van der Waals surface area contributed by atoms with Gasteiger partial charge in [-0.15, -0.1) is 0 Å². The molecule has 4 rings (SSSR count). The van der Waals surface area contributed by atoms with E-state index in [1.807, 2.05) is 0 Å². The Labute approximate surface area is 151 Å². The van der Waals surface area contributed by atoms with Gasteiger partial charge in [-0.05, 0) is 30.9 Å². The van der Waals surface area contributed by atoms with Crippen LogP contribution < -0.4 is 14.2 Å². The SMILES string of the molecule is Cn1cc(C(NS(=O)(=O)c2ccc3c(c2)OCCO3)C2CC(O)C2)cn1. The summed E-state index contributed by atoms with van der Waals surface area (Å²) in [5.74, 6) is 0.999. The average Bonchev–Trinajstić information content (AvgIpc) is 3.03. The summed E-state index contributed by atoms with van der Waals surface area (Å²) in [4.78, 5) is 0.121. The molecule has 2 N–H and O–H groups in total. The highest BCUT2D eigenvalue weighted by atomic mass is 32.2. The van der Waals surface area contributed by atoms with E-state index in [0.29, 0.717) is 37.6 Å². The normalized spacial score (nSPS) is 23.3. The first kappa shape index (κ1) is 17.3. The van der Waals surface area contributed by atoms with Crippen LogP contribution in [0.5, 0.6) is 11.5 Å². The number of benzene rings is 1. The first-order valence-corrected chi connectivity index (χ1v) is 9.99. The summed E-state index contributed by atoms with van der Waals surface area (Å²) < 4.78 is 41.2. The summed E-state index contributed by atoms with van der Waals surface area (Å²) in [7, 11) is -1.99. The lowest BCUT2D eigenvalue weighted by Gasteiger charge is -2.37. The maximum absolute atomic E-state index is 12.9. The minimum absolute atomic E-state index is 0.0289. The third kappa shape index (κ3) is 3.29. The molecule has 2 heterocycles. The molecular weight excluding hydrogens is 358 g/mol. The zero-order chi connectivity index (χ0) is 18.3. The standard InChI is InChI=1S/C17H21N3O5S/c1-20-10-12(9-18-20)17(11-6-13(21)7-11)19-26(22,23)14-2-3-15-16(8-14)25-5-4-24-15/h2-3,8-11,13,17,19,21H,4-7H2,1H3. The van der Waals surface area contributed by atoms with Gasteiger partial charge in [0, 0.05) is 24.9 Å². The van der Waals surface area contributed by atoms with Crippen molar-refractivity contribution in [3.8, 4) is 11.5 Å².